The minimum Gasteiger partial charge on any atom is -0.310 e. The van der Waals surface area contributed by atoms with E-state index in [1.54, 1.807) is 0 Å². The zero-order chi connectivity index (χ0) is 39.6. The largest absolute Gasteiger partial charge is 0.310 e. The number of nitrogens with zero attached hydrogens (tertiary/aromatic N) is 4. The van der Waals surface area contributed by atoms with Crippen molar-refractivity contribution in [2.24, 2.45) is 0 Å². The Morgan fingerprint density at radius 2 is 0.690 bits per heavy atom. The Labute approximate surface area is 336 Å². The summed E-state index contributed by atoms with van der Waals surface area (Å²) in [6.45, 7) is 0. The second-order valence-electron chi connectivity index (χ2n) is 15.1. The van der Waals surface area contributed by atoms with Gasteiger partial charge in [-0.05, 0) is 84.9 Å². The number of hydrogen-bond donors (Lipinski definition) is 0. The molecule has 0 atom stereocenters. The van der Waals surface area contributed by atoms with Crippen molar-refractivity contribution in [1.29, 1.82) is 0 Å². The maximum absolute atomic E-state index is 8.99. The Kier molecular flexibility index (Phi) is 6.02. The highest BCUT2D eigenvalue weighted by atomic mass is 15.2. The van der Waals surface area contributed by atoms with Crippen LogP contribution >= 0.6 is 0 Å². The predicted octanol–water partition coefficient (Wildman–Crippen LogP) is 14.9. The molecule has 4 heterocycles. The summed E-state index contributed by atoms with van der Waals surface area (Å²) in [6.07, 6.45) is 0. The molecule has 13 aromatic rings. The van der Waals surface area contributed by atoms with Gasteiger partial charge >= 0.3 is 0 Å². The van der Waals surface area contributed by atoms with Crippen LogP contribution in [-0.2, 0) is 0 Å². The highest BCUT2D eigenvalue weighted by Crippen LogP contribution is 2.49. The summed E-state index contributed by atoms with van der Waals surface area (Å²) >= 11 is 0. The first kappa shape index (κ1) is 29.5. The highest BCUT2D eigenvalue weighted by Gasteiger charge is 2.26. The van der Waals surface area contributed by atoms with Gasteiger partial charge in [0.1, 0.15) is 0 Å². The molecule has 4 heteroatoms. The summed E-state index contributed by atoms with van der Waals surface area (Å²) in [5.41, 5.74) is 12.8. The number of para-hydroxylation sites is 6. The molecule has 0 aliphatic carbocycles. The van der Waals surface area contributed by atoms with Gasteiger partial charge in [0, 0.05) is 65.8 Å². The molecular formula is C54H34N4. The van der Waals surface area contributed by atoms with Crippen molar-refractivity contribution in [3.05, 3.63) is 206 Å². The molecule has 13 rings (SSSR count). The summed E-state index contributed by atoms with van der Waals surface area (Å²) in [7, 11) is 0. The molecule has 0 saturated heterocycles. The van der Waals surface area contributed by atoms with Crippen molar-refractivity contribution in [2.45, 2.75) is 0 Å². The number of fused-ring (bicyclic) bond motifs is 12. The quantitative estimate of drug-likeness (QED) is 0.169. The van der Waals surface area contributed by atoms with Crippen LogP contribution in [0.4, 0.5) is 34.1 Å². The lowest BCUT2D eigenvalue weighted by Gasteiger charge is -2.26. The van der Waals surface area contributed by atoms with Crippen LogP contribution in [-0.4, -0.2) is 8.80 Å². The fourth-order valence-corrected chi connectivity index (χ4v) is 9.90. The van der Waals surface area contributed by atoms with Crippen LogP contribution in [0.15, 0.2) is 206 Å². The van der Waals surface area contributed by atoms with Crippen LogP contribution < -0.4 is 9.80 Å². The third kappa shape index (κ3) is 4.18. The summed E-state index contributed by atoms with van der Waals surface area (Å²) in [6, 6.07) is 68.9. The topological polar surface area (TPSA) is 15.3 Å². The standard InChI is InChI=1S/C54H34N4/c1-5-17-35(18-6-1)55(36-19-7-2-8-20-36)45-29-15-31-47-51(45)41-27-13-25-39-43-34-50-44(33-49(43)57(47)53(39)41)40-26-14-28-42-52-46(30-16-32-48(52)58(50)54(40)42)56(37-21-9-3-10-22-37)38-23-11-4-12-24-38/h1-34H/i17D,21D. The number of rotatable bonds is 6. The molecule has 4 nitrogen and oxygen atoms in total. The van der Waals surface area contributed by atoms with Gasteiger partial charge in [-0.1, -0.05) is 121 Å². The Morgan fingerprint density at radius 3 is 1.12 bits per heavy atom. The van der Waals surface area contributed by atoms with E-state index in [-0.39, 0.29) is 0 Å². The third-order valence-corrected chi connectivity index (χ3v) is 12.1. The van der Waals surface area contributed by atoms with Gasteiger partial charge in [-0.2, -0.15) is 0 Å². The van der Waals surface area contributed by atoms with Crippen molar-refractivity contribution < 1.29 is 2.74 Å². The van der Waals surface area contributed by atoms with E-state index >= 15 is 0 Å². The van der Waals surface area contributed by atoms with E-state index in [0.29, 0.717) is 12.1 Å². The summed E-state index contributed by atoms with van der Waals surface area (Å²) < 4.78 is 22.9. The first-order valence-corrected chi connectivity index (χ1v) is 19.8. The van der Waals surface area contributed by atoms with E-state index in [0.717, 1.165) is 55.9 Å². The molecule has 0 N–H and O–H groups in total. The van der Waals surface area contributed by atoms with Gasteiger partial charge in [0.05, 0.1) is 47.2 Å². The number of aromatic nitrogens is 2. The lowest BCUT2D eigenvalue weighted by atomic mass is 10.0. The van der Waals surface area contributed by atoms with E-state index in [1.165, 1.54) is 54.4 Å². The molecule has 9 aromatic carbocycles. The summed E-state index contributed by atoms with van der Waals surface area (Å²) in [5, 5.41) is 9.56. The molecule has 0 aliphatic rings. The lowest BCUT2D eigenvalue weighted by Crippen LogP contribution is -2.10. The smallest absolute Gasteiger partial charge is 0.0645 e. The highest BCUT2D eigenvalue weighted by molar-refractivity contribution is 6.31. The summed E-state index contributed by atoms with van der Waals surface area (Å²) in [4.78, 5) is 4.47. The van der Waals surface area contributed by atoms with Gasteiger partial charge in [-0.3, -0.25) is 0 Å². The van der Waals surface area contributed by atoms with Gasteiger partial charge in [-0.25, -0.2) is 0 Å². The average molecular weight is 741 g/mol. The first-order valence-electron chi connectivity index (χ1n) is 20.8. The van der Waals surface area contributed by atoms with Gasteiger partial charge in [0.25, 0.3) is 0 Å². The molecule has 0 radical (unpaired) electrons. The molecule has 0 amide bonds. The number of benzene rings is 9. The van der Waals surface area contributed by atoms with Gasteiger partial charge < -0.3 is 18.6 Å². The van der Waals surface area contributed by atoms with Crippen LogP contribution in [0.25, 0.3) is 76.2 Å². The third-order valence-electron chi connectivity index (χ3n) is 12.1. The molecule has 0 saturated carbocycles. The molecule has 0 unspecified atom stereocenters. The fraction of sp³-hybridized carbons (Fsp3) is 0. The van der Waals surface area contributed by atoms with Crippen LogP contribution in [0.5, 0.6) is 0 Å². The van der Waals surface area contributed by atoms with Gasteiger partial charge in [-0.15, -0.1) is 0 Å². The zero-order valence-electron chi connectivity index (χ0n) is 33.3. The maximum atomic E-state index is 8.99. The minimum absolute atomic E-state index is 0.475. The van der Waals surface area contributed by atoms with Gasteiger partial charge in [0.15, 0.2) is 0 Å². The monoisotopic (exact) mass is 740 g/mol. The summed E-state index contributed by atoms with van der Waals surface area (Å²) in [5.74, 6) is 0. The van der Waals surface area contributed by atoms with Crippen molar-refractivity contribution in [3.8, 4) is 0 Å². The van der Waals surface area contributed by atoms with E-state index in [4.69, 9.17) is 2.74 Å². The average Bonchev–Trinajstić information content (AvgIpc) is 4.02. The Hall–Kier alpha value is -7.82. The second kappa shape index (κ2) is 11.8. The minimum atomic E-state index is 0.475. The van der Waals surface area contributed by atoms with Crippen LogP contribution in [0.3, 0.4) is 0 Å². The van der Waals surface area contributed by atoms with Crippen molar-refractivity contribution in [1.82, 2.24) is 8.80 Å². The molecule has 58 heavy (non-hydrogen) atoms. The molecular weight excluding hydrogens is 705 g/mol. The zero-order valence-corrected chi connectivity index (χ0v) is 31.3. The number of anilines is 6. The molecule has 0 fully saturated rings. The van der Waals surface area contributed by atoms with E-state index in [1.807, 2.05) is 60.7 Å². The van der Waals surface area contributed by atoms with Crippen molar-refractivity contribution >= 4 is 110 Å². The second-order valence-corrected chi connectivity index (χ2v) is 15.1. The maximum Gasteiger partial charge on any atom is 0.0645 e. The van der Waals surface area contributed by atoms with E-state index < -0.39 is 0 Å². The van der Waals surface area contributed by atoms with Crippen molar-refractivity contribution in [3.63, 3.8) is 0 Å². The molecule has 270 valence electrons. The Balaban J connectivity index is 1.10. The van der Waals surface area contributed by atoms with E-state index in [9.17, 15) is 0 Å². The van der Waals surface area contributed by atoms with Crippen LogP contribution in [0.1, 0.15) is 2.74 Å². The van der Waals surface area contributed by atoms with Crippen LogP contribution in [0.2, 0.25) is 0 Å². The fourth-order valence-electron chi connectivity index (χ4n) is 9.90. The lowest BCUT2D eigenvalue weighted by molar-refractivity contribution is 1.29. The Morgan fingerprint density at radius 1 is 0.310 bits per heavy atom. The Bertz CT molecular complexity index is 3560. The normalized spacial score (nSPS) is 12.6. The predicted molar refractivity (Wildman–Crippen MR) is 245 cm³/mol. The number of hydrogen-bond acceptors (Lipinski definition) is 2. The molecule has 0 spiro atoms. The van der Waals surface area contributed by atoms with Crippen molar-refractivity contribution in [2.75, 3.05) is 9.80 Å². The van der Waals surface area contributed by atoms with E-state index in [2.05, 4.69) is 152 Å². The molecule has 0 bridgehead atoms. The first-order chi connectivity index (χ1) is 29.7. The molecule has 4 aromatic heterocycles. The molecule has 0 aliphatic heterocycles. The van der Waals surface area contributed by atoms with Crippen LogP contribution in [0, 0.1) is 0 Å². The SMILES string of the molecule is [2H]c1ccccc1N(c1ccccc1)c1cccc2c1c1cccc3c4cc5c(cc4n2c31)c1cccc2c3c(N(c4ccccc4)c4ccccc4[2H])cccc3n5c12. The van der Waals surface area contributed by atoms with Gasteiger partial charge in [0.2, 0.25) is 0 Å².